The first-order valence-electron chi connectivity index (χ1n) is 8.11. The van der Waals surface area contributed by atoms with Gasteiger partial charge in [0.05, 0.1) is 12.3 Å². The van der Waals surface area contributed by atoms with E-state index in [2.05, 4.69) is 10.5 Å². The summed E-state index contributed by atoms with van der Waals surface area (Å²) in [6, 6.07) is 9.55. The zero-order valence-corrected chi connectivity index (χ0v) is 15.4. The third-order valence-corrected chi connectivity index (χ3v) is 3.90. The Morgan fingerprint density at radius 2 is 2.00 bits per heavy atom. The summed E-state index contributed by atoms with van der Waals surface area (Å²) in [5, 5.41) is 23.7. The normalized spacial score (nSPS) is 11.3. The van der Waals surface area contributed by atoms with Crippen LogP contribution < -0.4 is 10.2 Å². The van der Waals surface area contributed by atoms with Crippen LogP contribution in [0.2, 0.25) is 5.02 Å². The van der Waals surface area contributed by atoms with Gasteiger partial charge in [0.2, 0.25) is 5.91 Å². The molecule has 0 fully saturated rings. The SMILES string of the molecule is CC(=NNC(=O)CCCOc1ccc(Cl)cc1C)c1ccc(O)cc1O. The molecule has 0 atom stereocenters. The molecule has 0 radical (unpaired) electrons. The minimum Gasteiger partial charge on any atom is -0.508 e. The summed E-state index contributed by atoms with van der Waals surface area (Å²) < 4.78 is 5.63. The Morgan fingerprint density at radius 1 is 1.23 bits per heavy atom. The van der Waals surface area contributed by atoms with Gasteiger partial charge in [-0.3, -0.25) is 4.79 Å². The number of benzene rings is 2. The standard InChI is InChI=1S/C19H21ClN2O4/c1-12-10-14(20)5-8-18(12)26-9-3-4-19(25)22-21-13(2)16-7-6-15(23)11-17(16)24/h5-8,10-11,23-24H,3-4,9H2,1-2H3,(H,22,25). The van der Waals surface area contributed by atoms with Crippen LogP contribution in [0.1, 0.15) is 30.9 Å². The van der Waals surface area contributed by atoms with Gasteiger partial charge in [-0.2, -0.15) is 5.10 Å². The molecule has 0 aromatic heterocycles. The molecule has 0 saturated heterocycles. The molecule has 2 rings (SSSR count). The maximum absolute atomic E-state index is 11.8. The Hall–Kier alpha value is -2.73. The molecule has 2 aromatic carbocycles. The van der Waals surface area contributed by atoms with E-state index >= 15 is 0 Å². The monoisotopic (exact) mass is 376 g/mol. The number of halogens is 1. The van der Waals surface area contributed by atoms with E-state index in [0.717, 1.165) is 11.3 Å². The van der Waals surface area contributed by atoms with Crippen molar-refractivity contribution in [3.8, 4) is 17.2 Å². The summed E-state index contributed by atoms with van der Waals surface area (Å²) in [4.78, 5) is 11.8. The van der Waals surface area contributed by atoms with E-state index in [4.69, 9.17) is 16.3 Å². The first-order chi connectivity index (χ1) is 12.4. The van der Waals surface area contributed by atoms with Gasteiger partial charge < -0.3 is 14.9 Å². The number of hydrazone groups is 1. The van der Waals surface area contributed by atoms with Gasteiger partial charge in [-0.1, -0.05) is 11.6 Å². The van der Waals surface area contributed by atoms with E-state index in [9.17, 15) is 15.0 Å². The quantitative estimate of drug-likeness (QED) is 0.390. The fourth-order valence-corrected chi connectivity index (χ4v) is 2.50. The van der Waals surface area contributed by atoms with Crippen molar-refractivity contribution in [3.63, 3.8) is 0 Å². The summed E-state index contributed by atoms with van der Waals surface area (Å²) >= 11 is 5.89. The maximum atomic E-state index is 11.8. The van der Waals surface area contributed by atoms with E-state index in [1.165, 1.54) is 18.2 Å². The average molecular weight is 377 g/mol. The number of ether oxygens (including phenoxy) is 1. The number of nitrogens with zero attached hydrogens (tertiary/aromatic N) is 1. The van der Waals surface area contributed by atoms with Gasteiger partial charge in [0.15, 0.2) is 0 Å². The predicted octanol–water partition coefficient (Wildman–Crippen LogP) is 3.76. The fourth-order valence-electron chi connectivity index (χ4n) is 2.28. The van der Waals surface area contributed by atoms with Crippen LogP contribution in [0.25, 0.3) is 0 Å². The number of phenols is 2. The lowest BCUT2D eigenvalue weighted by molar-refractivity contribution is -0.121. The molecule has 0 unspecified atom stereocenters. The summed E-state index contributed by atoms with van der Waals surface area (Å²) in [6.45, 7) is 3.96. The van der Waals surface area contributed by atoms with E-state index < -0.39 is 0 Å². The number of hydrogen-bond acceptors (Lipinski definition) is 5. The number of nitrogens with one attached hydrogen (secondary N) is 1. The molecule has 3 N–H and O–H groups in total. The third-order valence-electron chi connectivity index (χ3n) is 3.66. The van der Waals surface area contributed by atoms with Crippen molar-refractivity contribution in [2.24, 2.45) is 5.10 Å². The van der Waals surface area contributed by atoms with Crippen LogP contribution in [0.5, 0.6) is 17.2 Å². The highest BCUT2D eigenvalue weighted by molar-refractivity contribution is 6.30. The Bertz CT molecular complexity index is 821. The second kappa shape index (κ2) is 9.10. The van der Waals surface area contributed by atoms with Crippen LogP contribution in [-0.2, 0) is 4.79 Å². The van der Waals surface area contributed by atoms with E-state index in [0.29, 0.717) is 29.3 Å². The highest BCUT2D eigenvalue weighted by Crippen LogP contribution is 2.23. The first-order valence-corrected chi connectivity index (χ1v) is 8.49. The van der Waals surface area contributed by atoms with Crippen LogP contribution >= 0.6 is 11.6 Å². The third kappa shape index (κ3) is 5.67. The molecule has 2 aromatic rings. The lowest BCUT2D eigenvalue weighted by Crippen LogP contribution is -2.19. The molecule has 1 amide bonds. The molecule has 0 heterocycles. The van der Waals surface area contributed by atoms with Gasteiger partial charge in [-0.25, -0.2) is 5.43 Å². The second-order valence-corrected chi connectivity index (χ2v) is 6.23. The Labute approximate surface area is 157 Å². The van der Waals surface area contributed by atoms with Gasteiger partial charge in [-0.05, 0) is 56.2 Å². The molecule has 6 nitrogen and oxygen atoms in total. The van der Waals surface area contributed by atoms with Crippen LogP contribution in [0.4, 0.5) is 0 Å². The summed E-state index contributed by atoms with van der Waals surface area (Å²) in [5.74, 6) is 0.344. The predicted molar refractivity (Wildman–Crippen MR) is 101 cm³/mol. The van der Waals surface area contributed by atoms with Crippen LogP contribution in [0.15, 0.2) is 41.5 Å². The van der Waals surface area contributed by atoms with E-state index in [1.807, 2.05) is 13.0 Å². The lowest BCUT2D eigenvalue weighted by Gasteiger charge is -2.09. The van der Waals surface area contributed by atoms with Gasteiger partial charge in [0.25, 0.3) is 0 Å². The number of phenolic OH excluding ortho intramolecular Hbond substituents is 2. The summed E-state index contributed by atoms with van der Waals surface area (Å²) in [7, 11) is 0. The molecule has 0 bridgehead atoms. The number of aryl methyl sites for hydroxylation is 1. The minimum absolute atomic E-state index is 0.0426. The average Bonchev–Trinajstić information content (AvgIpc) is 2.58. The van der Waals surface area contributed by atoms with Gasteiger partial charge in [0, 0.05) is 23.1 Å². The van der Waals surface area contributed by atoms with Crippen LogP contribution in [-0.4, -0.2) is 28.4 Å². The number of hydrogen-bond donors (Lipinski definition) is 3. The first kappa shape index (κ1) is 19.6. The Morgan fingerprint density at radius 3 is 2.69 bits per heavy atom. The lowest BCUT2D eigenvalue weighted by atomic mass is 10.1. The van der Waals surface area contributed by atoms with Crippen LogP contribution in [0, 0.1) is 6.92 Å². The largest absolute Gasteiger partial charge is 0.508 e. The molecule has 138 valence electrons. The summed E-state index contributed by atoms with van der Waals surface area (Å²) in [5.41, 5.74) is 4.25. The number of aromatic hydroxyl groups is 2. The highest BCUT2D eigenvalue weighted by Gasteiger charge is 2.07. The zero-order chi connectivity index (χ0) is 19.1. The van der Waals surface area contributed by atoms with Crippen molar-refractivity contribution < 1.29 is 19.7 Å². The van der Waals surface area contributed by atoms with Gasteiger partial charge >= 0.3 is 0 Å². The van der Waals surface area contributed by atoms with Crippen LogP contribution in [0.3, 0.4) is 0 Å². The second-order valence-electron chi connectivity index (χ2n) is 5.80. The van der Waals surface area contributed by atoms with E-state index in [-0.39, 0.29) is 23.8 Å². The highest BCUT2D eigenvalue weighted by atomic mass is 35.5. The molecule has 0 aliphatic heterocycles. The number of amides is 1. The molecule has 0 aliphatic carbocycles. The topological polar surface area (TPSA) is 91.2 Å². The molecular formula is C19H21ClN2O4. The molecular weight excluding hydrogens is 356 g/mol. The maximum Gasteiger partial charge on any atom is 0.240 e. The zero-order valence-electron chi connectivity index (χ0n) is 14.6. The molecule has 0 saturated carbocycles. The molecule has 7 heteroatoms. The van der Waals surface area contributed by atoms with Gasteiger partial charge in [-0.15, -0.1) is 0 Å². The number of carbonyl (C=O) groups excluding carboxylic acids is 1. The van der Waals surface area contributed by atoms with Crippen molar-refractivity contribution >= 4 is 23.2 Å². The van der Waals surface area contributed by atoms with E-state index in [1.54, 1.807) is 19.1 Å². The smallest absolute Gasteiger partial charge is 0.240 e. The minimum atomic E-state index is -0.251. The fraction of sp³-hybridized carbons (Fsp3) is 0.263. The molecule has 0 spiro atoms. The Balaban J connectivity index is 1.78. The van der Waals surface area contributed by atoms with Crippen molar-refractivity contribution in [3.05, 3.63) is 52.5 Å². The van der Waals surface area contributed by atoms with Gasteiger partial charge in [0.1, 0.15) is 17.2 Å². The number of rotatable bonds is 7. The molecule has 0 aliphatic rings. The van der Waals surface area contributed by atoms with Crippen molar-refractivity contribution in [2.75, 3.05) is 6.61 Å². The number of carbonyl (C=O) groups is 1. The Kier molecular flexibility index (Phi) is 6.86. The summed E-state index contributed by atoms with van der Waals surface area (Å²) in [6.07, 6.45) is 0.790. The van der Waals surface area contributed by atoms with Crippen molar-refractivity contribution in [2.45, 2.75) is 26.7 Å². The van der Waals surface area contributed by atoms with Crippen molar-refractivity contribution in [1.82, 2.24) is 5.43 Å². The molecule has 26 heavy (non-hydrogen) atoms. The van der Waals surface area contributed by atoms with Crippen molar-refractivity contribution in [1.29, 1.82) is 0 Å².